The summed E-state index contributed by atoms with van der Waals surface area (Å²) < 4.78 is 42.6. The van der Waals surface area contributed by atoms with Crippen LogP contribution in [0.3, 0.4) is 0 Å². The van der Waals surface area contributed by atoms with Crippen LogP contribution in [-0.4, -0.2) is 16.9 Å². The second-order valence-electron chi connectivity index (χ2n) is 8.04. The Hall–Kier alpha value is -2.08. The molecular formula is C20H24F3NO2. The van der Waals surface area contributed by atoms with E-state index in [0.717, 1.165) is 22.8 Å². The number of hydrogen-bond donors (Lipinski definition) is 1. The zero-order valence-electron chi connectivity index (χ0n) is 15.6. The summed E-state index contributed by atoms with van der Waals surface area (Å²) in [6.45, 7) is 10.1. The minimum Gasteiger partial charge on any atom is -0.395 e. The van der Waals surface area contributed by atoms with Gasteiger partial charge in [-0.25, -0.2) is 0 Å². The number of aromatic nitrogens is 1. The van der Waals surface area contributed by atoms with Crippen LogP contribution in [0.2, 0.25) is 0 Å². The molecule has 0 bridgehead atoms. The molecule has 1 heterocycles. The summed E-state index contributed by atoms with van der Waals surface area (Å²) in [7, 11) is 0. The largest absolute Gasteiger partial charge is 0.436 e. The number of alkyl halides is 3. The first-order valence-corrected chi connectivity index (χ1v) is 8.32. The van der Waals surface area contributed by atoms with E-state index in [2.05, 4.69) is 25.9 Å². The highest BCUT2D eigenvalue weighted by atomic mass is 19.4. The predicted octanol–water partition coefficient (Wildman–Crippen LogP) is 5.43. The molecule has 0 aliphatic rings. The van der Waals surface area contributed by atoms with Gasteiger partial charge in [0.25, 0.3) is 0 Å². The molecule has 0 amide bonds. The van der Waals surface area contributed by atoms with Gasteiger partial charge in [-0.2, -0.15) is 13.2 Å². The lowest BCUT2D eigenvalue weighted by Crippen LogP contribution is -2.23. The summed E-state index contributed by atoms with van der Waals surface area (Å²) in [4.78, 5) is 0. The Morgan fingerprint density at radius 1 is 1.04 bits per heavy atom. The summed E-state index contributed by atoms with van der Waals surface area (Å²) >= 11 is 0. The molecule has 142 valence electrons. The smallest absolute Gasteiger partial charge is 0.395 e. The molecule has 0 saturated carbocycles. The van der Waals surface area contributed by atoms with Crippen molar-refractivity contribution < 1.29 is 22.8 Å². The highest BCUT2D eigenvalue weighted by Crippen LogP contribution is 2.33. The summed E-state index contributed by atoms with van der Waals surface area (Å²) in [5.74, 6) is 0.0388. The second kappa shape index (κ2) is 6.91. The van der Waals surface area contributed by atoms with Crippen molar-refractivity contribution in [3.63, 3.8) is 0 Å². The lowest BCUT2D eigenvalue weighted by atomic mass is 9.78. The number of hydrogen-bond acceptors (Lipinski definition) is 3. The summed E-state index contributed by atoms with van der Waals surface area (Å²) in [5, 5.41) is 12.7. The van der Waals surface area contributed by atoms with Crippen LogP contribution >= 0.6 is 0 Å². The van der Waals surface area contributed by atoms with Crippen LogP contribution in [0.4, 0.5) is 13.2 Å². The third-order valence-electron chi connectivity index (χ3n) is 4.28. The van der Waals surface area contributed by atoms with Gasteiger partial charge in [-0.1, -0.05) is 64.1 Å². The average molecular weight is 367 g/mol. The van der Waals surface area contributed by atoms with E-state index >= 15 is 0 Å². The maximum Gasteiger partial charge on any atom is 0.436 e. The van der Waals surface area contributed by atoms with Crippen molar-refractivity contribution in [1.82, 2.24) is 5.16 Å². The highest BCUT2D eigenvalue weighted by molar-refractivity contribution is 5.70. The van der Waals surface area contributed by atoms with Gasteiger partial charge in [0.1, 0.15) is 0 Å². The fourth-order valence-corrected chi connectivity index (χ4v) is 2.54. The van der Waals surface area contributed by atoms with Crippen molar-refractivity contribution in [2.75, 3.05) is 6.61 Å². The summed E-state index contributed by atoms with van der Waals surface area (Å²) in [6.07, 6.45) is -1.33. The van der Waals surface area contributed by atoms with E-state index in [-0.39, 0.29) is 23.2 Å². The Morgan fingerprint density at radius 2 is 1.69 bits per heavy atom. The molecule has 2 rings (SSSR count). The van der Waals surface area contributed by atoms with Gasteiger partial charge in [-0.3, -0.25) is 0 Å². The first-order chi connectivity index (χ1) is 11.8. The van der Waals surface area contributed by atoms with Crippen molar-refractivity contribution in [1.29, 1.82) is 0 Å². The van der Waals surface area contributed by atoms with Gasteiger partial charge in [0.2, 0.25) is 0 Å². The normalized spacial score (nSPS) is 13.6. The number of aliphatic hydroxyl groups is 1. The van der Waals surface area contributed by atoms with E-state index < -0.39 is 11.9 Å². The number of rotatable bonds is 4. The van der Waals surface area contributed by atoms with Crippen LogP contribution in [0.1, 0.15) is 62.8 Å². The van der Waals surface area contributed by atoms with Crippen molar-refractivity contribution in [3.05, 3.63) is 52.4 Å². The third kappa shape index (κ3) is 4.55. The Morgan fingerprint density at radius 3 is 2.19 bits per heavy atom. The lowest BCUT2D eigenvalue weighted by Gasteiger charge is -2.28. The topological polar surface area (TPSA) is 46.3 Å². The Balaban J connectivity index is 2.41. The van der Waals surface area contributed by atoms with Crippen LogP contribution in [0.25, 0.3) is 12.2 Å². The van der Waals surface area contributed by atoms with Gasteiger partial charge >= 0.3 is 6.18 Å². The van der Waals surface area contributed by atoms with Crippen LogP contribution < -0.4 is 0 Å². The number of halogens is 3. The van der Waals surface area contributed by atoms with Crippen LogP contribution in [-0.2, 0) is 17.0 Å². The minimum atomic E-state index is -4.52. The molecule has 0 fully saturated rings. The summed E-state index contributed by atoms with van der Waals surface area (Å²) in [5.41, 5.74) is 1.30. The molecule has 2 aromatic rings. The molecule has 0 unspecified atom stereocenters. The van der Waals surface area contributed by atoms with Crippen LogP contribution in [0.5, 0.6) is 0 Å². The lowest BCUT2D eigenvalue weighted by molar-refractivity contribution is -0.142. The molecule has 3 nitrogen and oxygen atoms in total. The number of aliphatic hydroxyl groups excluding tert-OH is 1. The van der Waals surface area contributed by atoms with Gasteiger partial charge in [0.05, 0.1) is 6.61 Å². The molecule has 1 aromatic carbocycles. The van der Waals surface area contributed by atoms with E-state index in [1.54, 1.807) is 6.08 Å². The second-order valence-corrected chi connectivity index (χ2v) is 8.04. The molecule has 0 radical (unpaired) electrons. The first kappa shape index (κ1) is 20.2. The molecule has 0 atom stereocenters. The SMILES string of the molecule is CC(C)(C)c1cc(C(C)(C)CO)ccc1/C=C/c1cc(C(F)(F)F)no1. The molecule has 6 heteroatoms. The van der Waals surface area contributed by atoms with Gasteiger partial charge in [0, 0.05) is 11.5 Å². The molecule has 0 aliphatic heterocycles. The van der Waals surface area contributed by atoms with E-state index in [1.165, 1.54) is 6.08 Å². The zero-order valence-corrected chi connectivity index (χ0v) is 15.6. The van der Waals surface area contributed by atoms with E-state index in [0.29, 0.717) is 0 Å². The van der Waals surface area contributed by atoms with Crippen molar-refractivity contribution >= 4 is 12.2 Å². The minimum absolute atomic E-state index is 0.0179. The van der Waals surface area contributed by atoms with Gasteiger partial charge in [-0.15, -0.1) is 0 Å². The van der Waals surface area contributed by atoms with Crippen molar-refractivity contribution in [3.8, 4) is 0 Å². The predicted molar refractivity (Wildman–Crippen MR) is 95.7 cm³/mol. The Labute approximate surface area is 151 Å². The maximum atomic E-state index is 12.6. The number of nitrogens with zero attached hydrogens (tertiary/aromatic N) is 1. The fourth-order valence-electron chi connectivity index (χ4n) is 2.54. The van der Waals surface area contributed by atoms with Gasteiger partial charge in [0.15, 0.2) is 11.5 Å². The fraction of sp³-hybridized carbons (Fsp3) is 0.450. The van der Waals surface area contributed by atoms with Gasteiger partial charge < -0.3 is 9.63 Å². The summed E-state index contributed by atoms with van der Waals surface area (Å²) in [6, 6.07) is 6.74. The third-order valence-corrected chi connectivity index (χ3v) is 4.28. The standard InChI is InChI=1S/C20H24F3NO2/c1-18(2,3)16-10-14(19(4,5)12-25)8-6-13(16)7-9-15-11-17(24-26-15)20(21,22)23/h6-11,25H,12H2,1-5H3/b9-7+. The highest BCUT2D eigenvalue weighted by Gasteiger charge is 2.34. The van der Waals surface area contributed by atoms with E-state index in [9.17, 15) is 18.3 Å². The molecule has 26 heavy (non-hydrogen) atoms. The molecular weight excluding hydrogens is 343 g/mol. The van der Waals surface area contributed by atoms with Crippen molar-refractivity contribution in [2.45, 2.75) is 51.6 Å². The maximum absolute atomic E-state index is 12.6. The Kier molecular flexibility index (Phi) is 5.38. The van der Waals surface area contributed by atoms with Crippen LogP contribution in [0.15, 0.2) is 28.8 Å². The molecule has 0 spiro atoms. The average Bonchev–Trinajstić information content (AvgIpc) is 3.01. The Bertz CT molecular complexity index is 796. The van der Waals surface area contributed by atoms with E-state index in [4.69, 9.17) is 4.52 Å². The monoisotopic (exact) mass is 367 g/mol. The quantitative estimate of drug-likeness (QED) is 0.784. The van der Waals surface area contributed by atoms with E-state index in [1.807, 2.05) is 32.0 Å². The molecule has 0 saturated heterocycles. The molecule has 1 aromatic heterocycles. The molecule has 1 N–H and O–H groups in total. The zero-order chi connectivity index (χ0) is 19.8. The molecule has 0 aliphatic carbocycles. The van der Waals surface area contributed by atoms with Crippen molar-refractivity contribution in [2.24, 2.45) is 0 Å². The first-order valence-electron chi connectivity index (χ1n) is 8.32. The van der Waals surface area contributed by atoms with Crippen LogP contribution in [0, 0.1) is 0 Å². The van der Waals surface area contributed by atoms with Gasteiger partial charge in [-0.05, 0) is 28.2 Å². The number of benzene rings is 1.